The summed E-state index contributed by atoms with van der Waals surface area (Å²) in [6.07, 6.45) is 3.27. The summed E-state index contributed by atoms with van der Waals surface area (Å²) in [5, 5.41) is 3.54. The van der Waals surface area contributed by atoms with Crippen LogP contribution in [0.5, 0.6) is 5.75 Å². The zero-order valence-corrected chi connectivity index (χ0v) is 18.0. The van der Waals surface area contributed by atoms with Crippen LogP contribution in [0, 0.1) is 13.8 Å². The van der Waals surface area contributed by atoms with E-state index < -0.39 is 0 Å². The van der Waals surface area contributed by atoms with E-state index in [0.717, 1.165) is 11.3 Å². The van der Waals surface area contributed by atoms with Gasteiger partial charge in [0.15, 0.2) is 10.9 Å². The maximum atomic E-state index is 12.5. The molecule has 3 rings (SSSR count). The lowest BCUT2D eigenvalue weighted by Crippen LogP contribution is -2.28. The molecule has 30 heavy (non-hydrogen) atoms. The molecule has 3 aromatic rings. The predicted molar refractivity (Wildman–Crippen MR) is 117 cm³/mol. The first-order valence-corrected chi connectivity index (χ1v) is 10.4. The average molecular weight is 425 g/mol. The van der Waals surface area contributed by atoms with E-state index >= 15 is 0 Å². The van der Waals surface area contributed by atoms with Crippen molar-refractivity contribution >= 4 is 17.7 Å². The lowest BCUT2D eigenvalue weighted by molar-refractivity contribution is -0.121. The molecule has 0 saturated heterocycles. The van der Waals surface area contributed by atoms with Gasteiger partial charge in [-0.2, -0.15) is 0 Å². The Hall–Kier alpha value is -3.13. The maximum absolute atomic E-state index is 12.5. The van der Waals surface area contributed by atoms with Gasteiger partial charge < -0.3 is 14.6 Å². The molecule has 1 N–H and O–H groups in total. The molecule has 0 radical (unpaired) electrons. The number of nitrogens with one attached hydrogen (secondary N) is 1. The van der Waals surface area contributed by atoms with Crippen LogP contribution < -0.4 is 15.5 Å². The number of methoxy groups -OCH3 is 1. The smallest absolute Gasteiger partial charge is 0.240 e. The summed E-state index contributed by atoms with van der Waals surface area (Å²) in [6, 6.07) is 11.3. The van der Waals surface area contributed by atoms with Gasteiger partial charge in [0.2, 0.25) is 11.3 Å². The van der Waals surface area contributed by atoms with Crippen molar-refractivity contribution in [3.05, 3.63) is 81.5 Å². The quantitative estimate of drug-likeness (QED) is 0.442. The van der Waals surface area contributed by atoms with Crippen molar-refractivity contribution in [3.63, 3.8) is 0 Å². The van der Waals surface area contributed by atoms with Crippen molar-refractivity contribution < 1.29 is 9.53 Å². The van der Waals surface area contributed by atoms with Gasteiger partial charge in [0.25, 0.3) is 0 Å². The Bertz CT molecular complexity index is 1080. The molecule has 0 aliphatic heterocycles. The number of hydrogen-bond donors (Lipinski definition) is 1. The molecular weight excluding hydrogens is 400 g/mol. The molecule has 7 nitrogen and oxygen atoms in total. The molecule has 0 bridgehead atoms. The fourth-order valence-electron chi connectivity index (χ4n) is 2.77. The van der Waals surface area contributed by atoms with Gasteiger partial charge in [-0.25, -0.2) is 9.97 Å². The predicted octanol–water partition coefficient (Wildman–Crippen LogP) is 2.87. The number of benzene rings is 1. The number of carbonyl (C=O) groups is 1. The van der Waals surface area contributed by atoms with Crippen molar-refractivity contribution in [2.45, 2.75) is 37.8 Å². The van der Waals surface area contributed by atoms with E-state index in [-0.39, 0.29) is 23.6 Å². The number of rotatable bonds is 8. The topological polar surface area (TPSA) is 86.1 Å². The Balaban J connectivity index is 1.71. The molecule has 8 heteroatoms. The summed E-state index contributed by atoms with van der Waals surface area (Å²) in [5.41, 5.74) is 3.54. The van der Waals surface area contributed by atoms with Crippen molar-refractivity contribution in [2.24, 2.45) is 0 Å². The highest BCUT2D eigenvalue weighted by Crippen LogP contribution is 2.19. The number of pyridine rings is 1. The summed E-state index contributed by atoms with van der Waals surface area (Å²) < 4.78 is 6.87. The van der Waals surface area contributed by atoms with Gasteiger partial charge >= 0.3 is 0 Å². The zero-order valence-electron chi connectivity index (χ0n) is 17.2. The molecule has 0 saturated carbocycles. The van der Waals surface area contributed by atoms with Crippen LogP contribution in [0.1, 0.15) is 22.5 Å². The van der Waals surface area contributed by atoms with Crippen LogP contribution in [0.15, 0.2) is 58.7 Å². The molecule has 0 fully saturated rings. The third-order valence-corrected chi connectivity index (χ3v) is 5.34. The molecule has 0 atom stereocenters. The second-order valence-electron chi connectivity index (χ2n) is 6.86. The molecular formula is C22H24N4O3S. The first kappa shape index (κ1) is 21.6. The number of hydrogen-bond acceptors (Lipinski definition) is 6. The SMILES string of the molecule is COc1cn(CC(=O)NCc2ccc(C)cc2)c(CSc2nccc(C)n2)cc1=O. The number of amides is 1. The summed E-state index contributed by atoms with van der Waals surface area (Å²) in [4.78, 5) is 33.4. The first-order valence-electron chi connectivity index (χ1n) is 9.46. The second-order valence-corrected chi connectivity index (χ2v) is 7.80. The maximum Gasteiger partial charge on any atom is 0.240 e. The van der Waals surface area contributed by atoms with Crippen molar-refractivity contribution in [2.75, 3.05) is 7.11 Å². The third kappa shape index (κ3) is 5.93. The average Bonchev–Trinajstić information content (AvgIpc) is 2.73. The van der Waals surface area contributed by atoms with Crippen LogP contribution in [0.2, 0.25) is 0 Å². The van der Waals surface area contributed by atoms with E-state index in [1.807, 2.05) is 44.2 Å². The molecule has 1 aromatic carbocycles. The lowest BCUT2D eigenvalue weighted by Gasteiger charge is -2.15. The van der Waals surface area contributed by atoms with E-state index in [1.54, 1.807) is 17.0 Å². The molecule has 2 aromatic heterocycles. The van der Waals surface area contributed by atoms with Gasteiger partial charge in [0.05, 0.1) is 13.3 Å². The van der Waals surface area contributed by atoms with Crippen LogP contribution in [0.4, 0.5) is 0 Å². The minimum atomic E-state index is -0.227. The van der Waals surface area contributed by atoms with Gasteiger partial charge in [0.1, 0.15) is 6.54 Å². The highest BCUT2D eigenvalue weighted by molar-refractivity contribution is 7.98. The van der Waals surface area contributed by atoms with Crippen LogP contribution in [-0.2, 0) is 23.6 Å². The van der Waals surface area contributed by atoms with E-state index in [4.69, 9.17) is 4.74 Å². The second kappa shape index (κ2) is 10.1. The van der Waals surface area contributed by atoms with Gasteiger partial charge in [-0.15, -0.1) is 0 Å². The minimum Gasteiger partial charge on any atom is -0.491 e. The molecule has 1 amide bonds. The van der Waals surface area contributed by atoms with Crippen LogP contribution in [0.25, 0.3) is 0 Å². The van der Waals surface area contributed by atoms with E-state index in [0.29, 0.717) is 23.1 Å². The number of carbonyl (C=O) groups excluding carboxylic acids is 1. The van der Waals surface area contributed by atoms with Crippen LogP contribution in [0.3, 0.4) is 0 Å². The largest absolute Gasteiger partial charge is 0.491 e. The highest BCUT2D eigenvalue weighted by atomic mass is 32.2. The summed E-state index contributed by atoms with van der Waals surface area (Å²) in [6.45, 7) is 4.44. The fourth-order valence-corrected chi connectivity index (χ4v) is 3.64. The molecule has 0 unspecified atom stereocenters. The highest BCUT2D eigenvalue weighted by Gasteiger charge is 2.12. The minimum absolute atomic E-state index is 0.0765. The molecule has 156 valence electrons. The normalized spacial score (nSPS) is 10.6. The van der Waals surface area contributed by atoms with Crippen LogP contribution >= 0.6 is 11.8 Å². The van der Waals surface area contributed by atoms with E-state index in [9.17, 15) is 9.59 Å². The molecule has 0 spiro atoms. The fraction of sp³-hybridized carbons (Fsp3) is 0.273. The van der Waals surface area contributed by atoms with Crippen molar-refractivity contribution in [1.29, 1.82) is 0 Å². The molecule has 0 aliphatic carbocycles. The van der Waals surface area contributed by atoms with E-state index in [2.05, 4.69) is 15.3 Å². The zero-order chi connectivity index (χ0) is 21.5. The number of aryl methyl sites for hydroxylation is 2. The third-order valence-electron chi connectivity index (χ3n) is 4.45. The lowest BCUT2D eigenvalue weighted by atomic mass is 10.1. The standard InChI is InChI=1S/C22H24N4O3S/c1-15-4-6-17(7-5-15)11-24-21(28)13-26-12-20(29-3)19(27)10-18(26)14-30-22-23-9-8-16(2)25-22/h4-10,12H,11,13-14H2,1-3H3,(H,24,28). The van der Waals surface area contributed by atoms with Gasteiger partial charge in [-0.05, 0) is 25.5 Å². The van der Waals surface area contributed by atoms with Gasteiger partial charge in [0, 0.05) is 35.9 Å². The first-order chi connectivity index (χ1) is 14.4. The number of thioether (sulfide) groups is 1. The Morgan fingerprint density at radius 3 is 2.67 bits per heavy atom. The van der Waals surface area contributed by atoms with Crippen molar-refractivity contribution in [3.8, 4) is 5.75 Å². The summed E-state index contributed by atoms with van der Waals surface area (Å²) >= 11 is 1.41. The summed E-state index contributed by atoms with van der Waals surface area (Å²) in [7, 11) is 1.44. The number of ether oxygens (including phenoxy) is 1. The van der Waals surface area contributed by atoms with Crippen LogP contribution in [-0.4, -0.2) is 27.6 Å². The number of nitrogens with zero attached hydrogens (tertiary/aromatic N) is 3. The van der Waals surface area contributed by atoms with E-state index in [1.165, 1.54) is 30.5 Å². The monoisotopic (exact) mass is 424 g/mol. The molecule has 2 heterocycles. The van der Waals surface area contributed by atoms with Gasteiger partial charge in [-0.1, -0.05) is 41.6 Å². The Morgan fingerprint density at radius 1 is 1.20 bits per heavy atom. The Morgan fingerprint density at radius 2 is 1.97 bits per heavy atom. The van der Waals surface area contributed by atoms with Crippen molar-refractivity contribution in [1.82, 2.24) is 19.9 Å². The molecule has 0 aliphatic rings. The number of aromatic nitrogens is 3. The Kier molecular flexibility index (Phi) is 7.24. The Labute approximate surface area is 179 Å². The summed E-state index contributed by atoms with van der Waals surface area (Å²) in [5.74, 6) is 0.495. The van der Waals surface area contributed by atoms with Gasteiger partial charge in [-0.3, -0.25) is 9.59 Å².